The van der Waals surface area contributed by atoms with Crippen molar-refractivity contribution in [3.8, 4) is 22.8 Å². The predicted molar refractivity (Wildman–Crippen MR) is 114 cm³/mol. The fourth-order valence-electron chi connectivity index (χ4n) is 3.49. The number of carbonyl (C=O) groups excluding carboxylic acids is 1. The monoisotopic (exact) mass is 414 g/mol. The summed E-state index contributed by atoms with van der Waals surface area (Å²) in [6.07, 6.45) is 1.33. The third-order valence-electron chi connectivity index (χ3n) is 5.42. The van der Waals surface area contributed by atoms with Crippen LogP contribution in [-0.2, 0) is 10.2 Å². The van der Waals surface area contributed by atoms with Gasteiger partial charge >= 0.3 is 0 Å². The lowest BCUT2D eigenvalue weighted by Crippen LogP contribution is -2.28. The molecule has 154 valence electrons. The van der Waals surface area contributed by atoms with Crippen LogP contribution in [-0.4, -0.2) is 11.1 Å². The first-order valence-electron chi connectivity index (χ1n) is 10.0. The molecule has 0 radical (unpaired) electrons. The third kappa shape index (κ3) is 3.80. The predicted octanol–water partition coefficient (Wildman–Crippen LogP) is 5.94. The van der Waals surface area contributed by atoms with Gasteiger partial charge in [-0.2, -0.15) is 0 Å². The molecule has 31 heavy (non-hydrogen) atoms. The van der Waals surface area contributed by atoms with Crippen molar-refractivity contribution >= 4 is 11.6 Å². The summed E-state index contributed by atoms with van der Waals surface area (Å²) in [6.45, 7) is 0. The van der Waals surface area contributed by atoms with E-state index in [-0.39, 0.29) is 5.91 Å². The van der Waals surface area contributed by atoms with Crippen LogP contribution in [0.25, 0.3) is 11.3 Å². The van der Waals surface area contributed by atoms with Crippen LogP contribution < -0.4 is 10.1 Å². The lowest BCUT2D eigenvalue weighted by molar-refractivity contribution is -0.118. The Bertz CT molecular complexity index is 1220. The van der Waals surface area contributed by atoms with Crippen molar-refractivity contribution in [3.05, 3.63) is 96.4 Å². The molecule has 1 N–H and O–H groups in total. The summed E-state index contributed by atoms with van der Waals surface area (Å²) < 4.78 is 25.2. The van der Waals surface area contributed by atoms with Gasteiger partial charge in [0, 0.05) is 11.8 Å². The van der Waals surface area contributed by atoms with E-state index in [0.29, 0.717) is 41.3 Å². The summed E-state index contributed by atoms with van der Waals surface area (Å²) in [6, 6.07) is 24.6. The van der Waals surface area contributed by atoms with Crippen molar-refractivity contribution < 1.29 is 18.4 Å². The van der Waals surface area contributed by atoms with Gasteiger partial charge in [0.2, 0.25) is 5.91 Å². The zero-order valence-electron chi connectivity index (χ0n) is 16.5. The Balaban J connectivity index is 1.29. The zero-order valence-corrected chi connectivity index (χ0v) is 16.5. The molecule has 1 fully saturated rings. The highest BCUT2D eigenvalue weighted by atomic mass is 19.1. The molecule has 6 heteroatoms. The molecule has 0 atom stereocenters. The van der Waals surface area contributed by atoms with Gasteiger partial charge in [-0.05, 0) is 61.4 Å². The topological polar surface area (TPSA) is 64.4 Å². The largest absolute Gasteiger partial charge is 0.457 e. The van der Waals surface area contributed by atoms with E-state index in [2.05, 4.69) is 10.5 Å². The van der Waals surface area contributed by atoms with Crippen LogP contribution in [0.3, 0.4) is 0 Å². The number of nitrogens with one attached hydrogen (secondary N) is 1. The average Bonchev–Trinajstić information content (AvgIpc) is 3.46. The molecule has 0 unspecified atom stereocenters. The van der Waals surface area contributed by atoms with E-state index in [1.165, 1.54) is 6.07 Å². The molecule has 4 aromatic rings. The van der Waals surface area contributed by atoms with Gasteiger partial charge in [-0.1, -0.05) is 35.5 Å². The van der Waals surface area contributed by atoms with Crippen molar-refractivity contribution in [2.75, 3.05) is 5.32 Å². The molecule has 0 bridgehead atoms. The molecule has 1 heterocycles. The van der Waals surface area contributed by atoms with E-state index < -0.39 is 11.2 Å². The lowest BCUT2D eigenvalue weighted by Gasteiger charge is -2.13. The van der Waals surface area contributed by atoms with Gasteiger partial charge in [0.1, 0.15) is 17.3 Å². The van der Waals surface area contributed by atoms with Gasteiger partial charge in [-0.25, -0.2) is 4.39 Å². The maximum absolute atomic E-state index is 14.0. The van der Waals surface area contributed by atoms with Crippen molar-refractivity contribution in [1.29, 1.82) is 0 Å². The Morgan fingerprint density at radius 1 is 0.935 bits per heavy atom. The quantitative estimate of drug-likeness (QED) is 0.424. The fraction of sp³-hybridized carbons (Fsp3) is 0.120. The van der Waals surface area contributed by atoms with E-state index in [9.17, 15) is 9.18 Å². The highest BCUT2D eigenvalue weighted by Crippen LogP contribution is 2.49. The number of halogens is 1. The summed E-state index contributed by atoms with van der Waals surface area (Å²) in [4.78, 5) is 13.0. The van der Waals surface area contributed by atoms with Crippen LogP contribution in [0.2, 0.25) is 0 Å². The molecule has 0 spiro atoms. The number of benzene rings is 3. The molecule has 1 aromatic heterocycles. The number of hydrogen-bond donors (Lipinski definition) is 1. The summed E-state index contributed by atoms with van der Waals surface area (Å²) in [7, 11) is 0. The molecule has 1 aliphatic carbocycles. The number of carbonyl (C=O) groups is 1. The molecule has 1 aliphatic rings. The second-order valence-corrected chi connectivity index (χ2v) is 7.53. The van der Waals surface area contributed by atoms with Crippen LogP contribution in [0.5, 0.6) is 11.5 Å². The maximum Gasteiger partial charge on any atom is 0.236 e. The van der Waals surface area contributed by atoms with E-state index >= 15 is 0 Å². The SMILES string of the molecule is O=C(Nc1ccc(Oc2ccccc2)cc1)C1(c2cc(-c3ccccc3F)on2)CC1. The second kappa shape index (κ2) is 7.72. The first-order chi connectivity index (χ1) is 15.1. The normalized spacial score (nSPS) is 14.1. The van der Waals surface area contributed by atoms with Crippen molar-refractivity contribution in [2.24, 2.45) is 0 Å². The summed E-state index contributed by atoms with van der Waals surface area (Å²) in [5.74, 6) is 1.19. The molecule has 0 aliphatic heterocycles. The molecule has 1 amide bonds. The Labute approximate surface area is 178 Å². The molecule has 1 saturated carbocycles. The van der Waals surface area contributed by atoms with E-state index in [1.54, 1.807) is 48.5 Å². The number of aromatic nitrogens is 1. The Morgan fingerprint density at radius 3 is 2.32 bits per heavy atom. The number of amides is 1. The minimum atomic E-state index is -0.744. The maximum atomic E-state index is 14.0. The second-order valence-electron chi connectivity index (χ2n) is 7.53. The molecule has 5 nitrogen and oxygen atoms in total. The van der Waals surface area contributed by atoms with Gasteiger partial charge in [-0.3, -0.25) is 4.79 Å². The van der Waals surface area contributed by atoms with E-state index in [4.69, 9.17) is 9.26 Å². The summed E-state index contributed by atoms with van der Waals surface area (Å²) in [5.41, 5.74) is 0.764. The summed E-state index contributed by atoms with van der Waals surface area (Å²) in [5, 5.41) is 7.01. The third-order valence-corrected chi connectivity index (χ3v) is 5.42. The molecule has 3 aromatic carbocycles. The van der Waals surface area contributed by atoms with Gasteiger partial charge in [-0.15, -0.1) is 0 Å². The lowest BCUT2D eigenvalue weighted by atomic mass is 10.00. The van der Waals surface area contributed by atoms with Crippen molar-refractivity contribution in [1.82, 2.24) is 5.16 Å². The van der Waals surface area contributed by atoms with Crippen LogP contribution in [0.4, 0.5) is 10.1 Å². The average molecular weight is 414 g/mol. The van der Waals surface area contributed by atoms with Gasteiger partial charge < -0.3 is 14.6 Å². The molecular weight excluding hydrogens is 395 g/mol. The molecule has 0 saturated heterocycles. The Hall–Kier alpha value is -3.93. The zero-order chi connectivity index (χ0) is 21.3. The first kappa shape index (κ1) is 19.1. The Kier molecular flexibility index (Phi) is 4.75. The number of ether oxygens (including phenoxy) is 1. The minimum Gasteiger partial charge on any atom is -0.457 e. The number of hydrogen-bond acceptors (Lipinski definition) is 4. The molecular formula is C25H19FN2O3. The highest BCUT2D eigenvalue weighted by molar-refractivity contribution is 6.01. The highest BCUT2D eigenvalue weighted by Gasteiger charge is 2.53. The smallest absolute Gasteiger partial charge is 0.236 e. The van der Waals surface area contributed by atoms with Crippen LogP contribution in [0, 0.1) is 5.82 Å². The minimum absolute atomic E-state index is 0.155. The van der Waals surface area contributed by atoms with Crippen molar-refractivity contribution in [2.45, 2.75) is 18.3 Å². The van der Waals surface area contributed by atoms with Gasteiger partial charge in [0.25, 0.3) is 0 Å². The number of anilines is 1. The number of rotatable bonds is 6. The van der Waals surface area contributed by atoms with Crippen LogP contribution in [0.1, 0.15) is 18.5 Å². The standard InChI is InChI=1S/C25H19FN2O3/c26-21-9-5-4-8-20(21)22-16-23(28-31-22)25(14-15-25)24(29)27-17-10-12-19(13-11-17)30-18-6-2-1-3-7-18/h1-13,16H,14-15H2,(H,27,29). The fourth-order valence-corrected chi connectivity index (χ4v) is 3.49. The summed E-state index contributed by atoms with van der Waals surface area (Å²) >= 11 is 0. The van der Waals surface area contributed by atoms with Crippen LogP contribution >= 0.6 is 0 Å². The van der Waals surface area contributed by atoms with Gasteiger partial charge in [0.05, 0.1) is 16.7 Å². The number of nitrogens with zero attached hydrogens (tertiary/aromatic N) is 1. The molecule has 5 rings (SSSR count). The van der Waals surface area contributed by atoms with Gasteiger partial charge in [0.15, 0.2) is 5.76 Å². The van der Waals surface area contributed by atoms with Crippen molar-refractivity contribution in [3.63, 3.8) is 0 Å². The van der Waals surface area contributed by atoms with E-state index in [1.807, 2.05) is 30.3 Å². The number of para-hydroxylation sites is 1. The Morgan fingerprint density at radius 2 is 1.61 bits per heavy atom. The van der Waals surface area contributed by atoms with E-state index in [0.717, 1.165) is 5.75 Å². The first-order valence-corrected chi connectivity index (χ1v) is 10.0. The van der Waals surface area contributed by atoms with Crippen LogP contribution in [0.15, 0.2) is 89.5 Å².